The first-order valence-corrected chi connectivity index (χ1v) is 4.37. The lowest BCUT2D eigenvalue weighted by Crippen LogP contribution is -2.11. The lowest BCUT2D eigenvalue weighted by atomic mass is 9.86. The molecular weight excluding hydrogens is 146 g/mol. The van der Waals surface area contributed by atoms with Crippen LogP contribution in [0.2, 0.25) is 0 Å². The summed E-state index contributed by atoms with van der Waals surface area (Å²) in [4.78, 5) is 4.35. The van der Waals surface area contributed by atoms with Crippen LogP contribution in [0.5, 0.6) is 0 Å². The molecule has 1 heterocycles. The van der Waals surface area contributed by atoms with E-state index < -0.39 is 0 Å². The third-order valence-electron chi connectivity index (χ3n) is 2.62. The van der Waals surface area contributed by atoms with Crippen molar-refractivity contribution < 1.29 is 0 Å². The zero-order valence-electron chi connectivity index (χ0n) is 7.54. The average Bonchev–Trinajstić information content (AvgIpc) is 2.12. The van der Waals surface area contributed by atoms with E-state index in [1.807, 2.05) is 6.21 Å². The zero-order valence-corrected chi connectivity index (χ0v) is 7.54. The van der Waals surface area contributed by atoms with Crippen LogP contribution in [-0.2, 0) is 0 Å². The first kappa shape index (κ1) is 7.53. The van der Waals surface area contributed by atoms with Gasteiger partial charge in [-0.1, -0.05) is 18.2 Å². The summed E-state index contributed by atoms with van der Waals surface area (Å²) in [6.07, 6.45) is 9.81. The fourth-order valence-corrected chi connectivity index (χ4v) is 1.68. The highest BCUT2D eigenvalue weighted by Gasteiger charge is 2.18. The molecule has 2 rings (SSSR count). The molecule has 0 spiro atoms. The van der Waals surface area contributed by atoms with Crippen molar-refractivity contribution in [2.75, 3.05) is 0 Å². The van der Waals surface area contributed by atoms with Gasteiger partial charge in [0.2, 0.25) is 0 Å². The van der Waals surface area contributed by atoms with E-state index in [0.717, 1.165) is 6.42 Å². The van der Waals surface area contributed by atoms with Crippen molar-refractivity contribution in [1.82, 2.24) is 0 Å². The Morgan fingerprint density at radius 3 is 3.08 bits per heavy atom. The first-order chi connectivity index (χ1) is 5.79. The summed E-state index contributed by atoms with van der Waals surface area (Å²) in [5.41, 5.74) is 3.92. The molecule has 0 fully saturated rings. The number of rotatable bonds is 0. The Morgan fingerprint density at radius 1 is 1.42 bits per heavy atom. The second-order valence-electron chi connectivity index (χ2n) is 3.37. The number of fused-ring (bicyclic) bond motifs is 1. The van der Waals surface area contributed by atoms with Gasteiger partial charge in [-0.2, -0.15) is 0 Å². The fraction of sp³-hybridized carbons (Fsp3) is 0.364. The Bertz CT molecular complexity index is 316. The number of hydrogen-bond donors (Lipinski definition) is 0. The molecule has 62 valence electrons. The Morgan fingerprint density at radius 2 is 2.25 bits per heavy atom. The molecule has 0 radical (unpaired) electrons. The normalized spacial score (nSPS) is 27.2. The van der Waals surface area contributed by atoms with Crippen LogP contribution in [0.3, 0.4) is 0 Å². The highest BCUT2D eigenvalue weighted by Crippen LogP contribution is 2.30. The molecule has 0 saturated heterocycles. The molecule has 0 aromatic carbocycles. The highest BCUT2D eigenvalue weighted by atomic mass is 14.7. The van der Waals surface area contributed by atoms with Crippen LogP contribution in [0.15, 0.2) is 40.1 Å². The SMILES string of the molecule is CC1=C(C)C2C=CCC=C2C=N1. The summed E-state index contributed by atoms with van der Waals surface area (Å²) >= 11 is 0. The van der Waals surface area contributed by atoms with Crippen LogP contribution in [0.25, 0.3) is 0 Å². The average molecular weight is 159 g/mol. The van der Waals surface area contributed by atoms with Crippen molar-refractivity contribution in [2.45, 2.75) is 20.3 Å². The van der Waals surface area contributed by atoms with Gasteiger partial charge < -0.3 is 0 Å². The Balaban J connectivity index is 2.42. The minimum Gasteiger partial charge on any atom is -0.261 e. The number of aliphatic imine (C=N–C) groups is 1. The van der Waals surface area contributed by atoms with Crippen LogP contribution in [-0.4, -0.2) is 6.21 Å². The van der Waals surface area contributed by atoms with Crippen molar-refractivity contribution in [1.29, 1.82) is 0 Å². The van der Waals surface area contributed by atoms with Gasteiger partial charge in [0, 0.05) is 17.8 Å². The van der Waals surface area contributed by atoms with E-state index in [2.05, 4.69) is 37.1 Å². The summed E-state index contributed by atoms with van der Waals surface area (Å²) in [5.74, 6) is 0.510. The molecule has 0 amide bonds. The molecule has 2 aliphatic rings. The van der Waals surface area contributed by atoms with E-state index >= 15 is 0 Å². The van der Waals surface area contributed by atoms with Gasteiger partial charge in [-0.3, -0.25) is 4.99 Å². The van der Waals surface area contributed by atoms with E-state index in [0.29, 0.717) is 5.92 Å². The molecule has 0 N–H and O–H groups in total. The number of nitrogens with zero attached hydrogens (tertiary/aromatic N) is 1. The molecule has 0 bridgehead atoms. The predicted octanol–water partition coefficient (Wildman–Crippen LogP) is 2.87. The van der Waals surface area contributed by atoms with Gasteiger partial charge >= 0.3 is 0 Å². The van der Waals surface area contributed by atoms with E-state index in [4.69, 9.17) is 0 Å². The Labute approximate surface area is 73.2 Å². The molecule has 0 saturated carbocycles. The van der Waals surface area contributed by atoms with Crippen molar-refractivity contribution in [3.63, 3.8) is 0 Å². The van der Waals surface area contributed by atoms with Gasteiger partial charge in [0.15, 0.2) is 0 Å². The van der Waals surface area contributed by atoms with E-state index in [9.17, 15) is 0 Å². The lowest BCUT2D eigenvalue weighted by molar-refractivity contribution is 0.867. The van der Waals surface area contributed by atoms with Crippen molar-refractivity contribution in [2.24, 2.45) is 10.9 Å². The lowest BCUT2D eigenvalue weighted by Gasteiger charge is -2.22. The largest absolute Gasteiger partial charge is 0.261 e. The number of allylic oxidation sites excluding steroid dienone is 6. The predicted molar refractivity (Wildman–Crippen MR) is 52.2 cm³/mol. The monoisotopic (exact) mass is 159 g/mol. The van der Waals surface area contributed by atoms with Crippen LogP contribution < -0.4 is 0 Å². The van der Waals surface area contributed by atoms with E-state index in [-0.39, 0.29) is 0 Å². The van der Waals surface area contributed by atoms with Gasteiger partial charge in [0.25, 0.3) is 0 Å². The fourth-order valence-electron chi connectivity index (χ4n) is 1.68. The molecule has 1 aliphatic carbocycles. The smallest absolute Gasteiger partial charge is 0.0371 e. The van der Waals surface area contributed by atoms with Crippen molar-refractivity contribution >= 4 is 6.21 Å². The second-order valence-corrected chi connectivity index (χ2v) is 3.37. The molecule has 12 heavy (non-hydrogen) atoms. The number of hydrogen-bond acceptors (Lipinski definition) is 1. The van der Waals surface area contributed by atoms with Gasteiger partial charge in [-0.05, 0) is 31.4 Å². The molecule has 1 nitrogen and oxygen atoms in total. The molecule has 0 aromatic heterocycles. The van der Waals surface area contributed by atoms with Crippen molar-refractivity contribution in [3.05, 3.63) is 35.1 Å². The van der Waals surface area contributed by atoms with Gasteiger partial charge in [0.05, 0.1) is 0 Å². The standard InChI is InChI=1S/C11H13N/c1-8-9(2)12-7-10-5-3-4-6-11(8)10/h4-7,11H,3H2,1-2H3. The molecule has 1 unspecified atom stereocenters. The highest BCUT2D eigenvalue weighted by molar-refractivity contribution is 5.83. The maximum Gasteiger partial charge on any atom is 0.0371 e. The van der Waals surface area contributed by atoms with Crippen molar-refractivity contribution in [3.8, 4) is 0 Å². The minimum absolute atomic E-state index is 0.510. The summed E-state index contributed by atoms with van der Waals surface area (Å²) in [6, 6.07) is 0. The van der Waals surface area contributed by atoms with Crippen LogP contribution >= 0.6 is 0 Å². The Hall–Kier alpha value is -1.11. The first-order valence-electron chi connectivity index (χ1n) is 4.37. The summed E-state index contributed by atoms with van der Waals surface area (Å²) in [7, 11) is 0. The maximum atomic E-state index is 4.35. The summed E-state index contributed by atoms with van der Waals surface area (Å²) in [5, 5.41) is 0. The molecule has 1 aliphatic heterocycles. The summed E-state index contributed by atoms with van der Waals surface area (Å²) < 4.78 is 0. The van der Waals surface area contributed by atoms with Crippen LogP contribution in [0.1, 0.15) is 20.3 Å². The zero-order chi connectivity index (χ0) is 8.55. The maximum absolute atomic E-state index is 4.35. The quantitative estimate of drug-likeness (QED) is 0.482. The topological polar surface area (TPSA) is 12.4 Å². The van der Waals surface area contributed by atoms with Gasteiger partial charge in [-0.15, -0.1) is 0 Å². The molecule has 0 aromatic rings. The third kappa shape index (κ3) is 1.06. The molecule has 1 atom stereocenters. The van der Waals surface area contributed by atoms with E-state index in [1.54, 1.807) is 0 Å². The minimum atomic E-state index is 0.510. The van der Waals surface area contributed by atoms with E-state index in [1.165, 1.54) is 16.8 Å². The van der Waals surface area contributed by atoms with Gasteiger partial charge in [-0.25, -0.2) is 0 Å². The molecular formula is C11H13N. The third-order valence-corrected chi connectivity index (χ3v) is 2.62. The van der Waals surface area contributed by atoms with Gasteiger partial charge in [0.1, 0.15) is 0 Å². The Kier molecular flexibility index (Phi) is 1.72. The van der Waals surface area contributed by atoms with Crippen LogP contribution in [0, 0.1) is 5.92 Å². The second kappa shape index (κ2) is 2.74. The molecule has 1 heteroatoms. The summed E-state index contributed by atoms with van der Waals surface area (Å²) in [6.45, 7) is 4.24. The van der Waals surface area contributed by atoms with Crippen LogP contribution in [0.4, 0.5) is 0 Å².